The fourth-order valence-electron chi connectivity index (χ4n) is 1.60. The second kappa shape index (κ2) is 5.45. The lowest BCUT2D eigenvalue weighted by atomic mass is 9.85. The first-order valence-electron chi connectivity index (χ1n) is 5.55. The number of aliphatic hydroxyl groups is 6. The van der Waals surface area contributed by atoms with Crippen LogP contribution in [0.15, 0.2) is 0 Å². The van der Waals surface area contributed by atoms with Gasteiger partial charge < -0.3 is 40.5 Å². The predicted molar refractivity (Wildman–Crippen MR) is 53.4 cm³/mol. The smallest absolute Gasteiger partial charge is 0.341 e. The Balaban J connectivity index is 3.24. The third-order valence-corrected chi connectivity index (χ3v) is 2.77. The third-order valence-electron chi connectivity index (χ3n) is 2.77. The van der Waals surface area contributed by atoms with Crippen molar-refractivity contribution in [3.63, 3.8) is 0 Å². The lowest BCUT2D eigenvalue weighted by Crippen LogP contribution is -2.68. The third kappa shape index (κ3) is 2.34. The van der Waals surface area contributed by atoms with Gasteiger partial charge in [0.15, 0.2) is 0 Å². The maximum atomic E-state index is 11.0. The minimum absolute atomic E-state index is 0.896. The summed E-state index contributed by atoms with van der Waals surface area (Å²) in [5.74, 6) is -2.07. The Morgan fingerprint density at radius 1 is 1.22 bits per heavy atom. The van der Waals surface area contributed by atoms with Gasteiger partial charge in [-0.1, -0.05) is 0 Å². The van der Waals surface area contributed by atoms with Gasteiger partial charge in [-0.3, -0.25) is 0 Å². The molecule has 9 heteroatoms. The van der Waals surface area contributed by atoms with Crippen LogP contribution in [0.2, 0.25) is 0 Å². The zero-order valence-electron chi connectivity index (χ0n) is 10.2. The van der Waals surface area contributed by atoms with Crippen molar-refractivity contribution in [1.82, 2.24) is 0 Å². The molecule has 0 bridgehead atoms. The molecule has 0 aromatic carbocycles. The SMILES string of the molecule is [2H]C1(C(O)(CO)C(=O)O)O[C@H](CO)[C@@H](O)[C@H](O)[C@H]1O. The Labute approximate surface area is 103 Å². The van der Waals surface area contributed by atoms with Crippen molar-refractivity contribution < 1.29 is 46.6 Å². The number of carboxylic acid groups (broad SMARTS) is 1. The molecular weight excluding hydrogens is 252 g/mol. The first-order valence-corrected chi connectivity index (χ1v) is 5.05. The Bertz CT molecular complexity index is 351. The molecular formula is C9H16O9. The summed E-state index contributed by atoms with van der Waals surface area (Å²) in [6.45, 7) is -2.38. The second-order valence-corrected chi connectivity index (χ2v) is 3.95. The second-order valence-electron chi connectivity index (χ2n) is 3.95. The molecule has 9 nitrogen and oxygen atoms in total. The molecule has 0 spiro atoms. The quantitative estimate of drug-likeness (QED) is 0.266. The van der Waals surface area contributed by atoms with Crippen LogP contribution in [0.25, 0.3) is 0 Å². The van der Waals surface area contributed by atoms with Crippen LogP contribution >= 0.6 is 0 Å². The molecule has 0 amide bonds. The number of aliphatic carboxylic acids is 1. The van der Waals surface area contributed by atoms with Crippen LogP contribution in [0.3, 0.4) is 0 Å². The molecule has 0 aromatic rings. The summed E-state index contributed by atoms with van der Waals surface area (Å²) in [5, 5.41) is 65.1. The highest BCUT2D eigenvalue weighted by Gasteiger charge is 2.55. The number of aliphatic hydroxyl groups excluding tert-OH is 5. The zero-order valence-corrected chi connectivity index (χ0v) is 9.17. The number of hydrogen-bond acceptors (Lipinski definition) is 8. The van der Waals surface area contributed by atoms with E-state index < -0.39 is 55.3 Å². The summed E-state index contributed by atoms with van der Waals surface area (Å²) >= 11 is 0. The molecule has 1 rings (SSSR count). The lowest BCUT2D eigenvalue weighted by molar-refractivity contribution is -0.274. The van der Waals surface area contributed by atoms with E-state index in [1.54, 1.807) is 0 Å². The van der Waals surface area contributed by atoms with Gasteiger partial charge in [-0.25, -0.2) is 4.79 Å². The van der Waals surface area contributed by atoms with Gasteiger partial charge in [0.05, 0.1) is 14.6 Å². The van der Waals surface area contributed by atoms with Crippen LogP contribution in [-0.2, 0) is 9.53 Å². The van der Waals surface area contributed by atoms with Crippen LogP contribution in [0, 0.1) is 0 Å². The van der Waals surface area contributed by atoms with Gasteiger partial charge >= 0.3 is 5.97 Å². The topological polar surface area (TPSA) is 168 Å². The van der Waals surface area contributed by atoms with E-state index in [2.05, 4.69) is 0 Å². The molecule has 0 radical (unpaired) electrons. The van der Waals surface area contributed by atoms with E-state index in [9.17, 15) is 25.2 Å². The minimum atomic E-state index is -3.25. The molecule has 1 fully saturated rings. The van der Waals surface area contributed by atoms with Crippen LogP contribution in [0.5, 0.6) is 0 Å². The summed E-state index contributed by atoms with van der Waals surface area (Å²) in [5.41, 5.74) is -3.25. The van der Waals surface area contributed by atoms with Gasteiger partial charge in [0.1, 0.15) is 30.5 Å². The van der Waals surface area contributed by atoms with Gasteiger partial charge in [-0.05, 0) is 0 Å². The van der Waals surface area contributed by atoms with E-state index >= 15 is 0 Å². The first-order chi connectivity index (χ1) is 8.65. The Hall–Kier alpha value is -0.810. The van der Waals surface area contributed by atoms with E-state index in [0.29, 0.717) is 0 Å². The number of ether oxygens (including phenoxy) is 1. The van der Waals surface area contributed by atoms with Crippen molar-refractivity contribution in [2.45, 2.75) is 36.1 Å². The van der Waals surface area contributed by atoms with Crippen molar-refractivity contribution in [1.29, 1.82) is 0 Å². The molecule has 1 aliphatic rings. The highest BCUT2D eigenvalue weighted by atomic mass is 16.6. The van der Waals surface area contributed by atoms with E-state index in [0.717, 1.165) is 0 Å². The standard InChI is InChI=1S/C9H16O9/c10-1-3-4(12)5(13)6(14)7(18-3)9(17,2-11)8(15)16/h3-7,10-14,17H,1-2H2,(H,15,16)/t3-,4-,5+,6-,7?,9?/m1/s1/i7D. The molecule has 6 atom stereocenters. The molecule has 106 valence electrons. The highest BCUT2D eigenvalue weighted by Crippen LogP contribution is 2.28. The monoisotopic (exact) mass is 269 g/mol. The molecule has 1 aliphatic heterocycles. The Morgan fingerprint density at radius 3 is 2.17 bits per heavy atom. The van der Waals surface area contributed by atoms with Gasteiger partial charge in [-0.2, -0.15) is 0 Å². The van der Waals surface area contributed by atoms with Crippen LogP contribution in [0.4, 0.5) is 0 Å². The van der Waals surface area contributed by atoms with E-state index in [1.807, 2.05) is 0 Å². The minimum Gasteiger partial charge on any atom is -0.479 e. The lowest BCUT2D eigenvalue weighted by Gasteiger charge is -2.44. The predicted octanol–water partition coefficient (Wildman–Crippen LogP) is -4.36. The average molecular weight is 269 g/mol. The van der Waals surface area contributed by atoms with Crippen molar-refractivity contribution in [2.24, 2.45) is 0 Å². The van der Waals surface area contributed by atoms with Crippen LogP contribution in [-0.4, -0.2) is 91.0 Å². The first kappa shape index (κ1) is 13.6. The molecule has 1 heterocycles. The maximum absolute atomic E-state index is 11.0. The van der Waals surface area contributed by atoms with Gasteiger partial charge in [-0.15, -0.1) is 0 Å². The molecule has 18 heavy (non-hydrogen) atoms. The van der Waals surface area contributed by atoms with Crippen molar-refractivity contribution in [2.75, 3.05) is 13.2 Å². The zero-order chi connectivity index (χ0) is 15.0. The summed E-state index contributed by atoms with van der Waals surface area (Å²) in [6, 6.07) is 0. The highest BCUT2D eigenvalue weighted by molar-refractivity contribution is 5.78. The molecule has 0 saturated carbocycles. The van der Waals surface area contributed by atoms with Crippen molar-refractivity contribution >= 4 is 5.97 Å². The van der Waals surface area contributed by atoms with E-state index in [4.69, 9.17) is 21.4 Å². The van der Waals surface area contributed by atoms with Crippen LogP contribution in [0.1, 0.15) is 1.37 Å². The average Bonchev–Trinajstić information content (AvgIpc) is 2.39. The Morgan fingerprint density at radius 2 is 1.78 bits per heavy atom. The normalized spacial score (nSPS) is 45.1. The molecule has 1 saturated heterocycles. The van der Waals surface area contributed by atoms with Gasteiger partial charge in [0, 0.05) is 0 Å². The summed E-state index contributed by atoms with van der Waals surface area (Å²) in [6.07, 6.45) is -10.8. The van der Waals surface area contributed by atoms with E-state index in [-0.39, 0.29) is 0 Å². The summed E-state index contributed by atoms with van der Waals surface area (Å²) in [7, 11) is 0. The maximum Gasteiger partial charge on any atom is 0.341 e. The number of carboxylic acids is 1. The van der Waals surface area contributed by atoms with Crippen LogP contribution < -0.4 is 0 Å². The Kier molecular flexibility index (Phi) is 4.12. The fraction of sp³-hybridized carbons (Fsp3) is 0.889. The molecule has 7 N–H and O–H groups in total. The number of hydrogen-bond donors (Lipinski definition) is 7. The van der Waals surface area contributed by atoms with Crippen molar-refractivity contribution in [3.8, 4) is 0 Å². The molecule has 0 aliphatic carbocycles. The van der Waals surface area contributed by atoms with Gasteiger partial charge in [0.2, 0.25) is 5.60 Å². The van der Waals surface area contributed by atoms with E-state index in [1.165, 1.54) is 0 Å². The largest absolute Gasteiger partial charge is 0.479 e. The summed E-state index contributed by atoms with van der Waals surface area (Å²) in [4.78, 5) is 11.0. The number of rotatable bonds is 4. The van der Waals surface area contributed by atoms with Gasteiger partial charge in [0.25, 0.3) is 0 Å². The van der Waals surface area contributed by atoms with Crippen molar-refractivity contribution in [3.05, 3.63) is 0 Å². The number of carbonyl (C=O) groups is 1. The molecule has 0 aromatic heterocycles. The fourth-order valence-corrected chi connectivity index (χ4v) is 1.60. The molecule has 2 unspecified atom stereocenters. The summed E-state index contributed by atoms with van der Waals surface area (Å²) < 4.78 is 12.4.